The molecule has 0 radical (unpaired) electrons. The molecule has 7 aromatic carbocycles. The molecular weight excluding hydrogens is 691 g/mol. The second-order valence-corrected chi connectivity index (χ2v) is 14.8. The number of hydrogen-bond donors (Lipinski definition) is 0. The molecule has 0 spiro atoms. The molecule has 7 aromatic rings. The summed E-state index contributed by atoms with van der Waals surface area (Å²) >= 11 is -0.430. The molecule has 1 heteroatoms. The molecule has 0 aromatic heterocycles. The van der Waals surface area contributed by atoms with Crippen molar-refractivity contribution in [2.75, 3.05) is 0 Å². The fraction of sp³-hybridized carbons (Fsp3) is 0. The predicted molar refractivity (Wildman–Crippen MR) is 215 cm³/mol. The third kappa shape index (κ3) is 6.56. The van der Waals surface area contributed by atoms with E-state index in [-0.39, 0.29) is 0 Å². The van der Waals surface area contributed by atoms with Crippen LogP contribution in [-0.4, -0.2) is 3.51 Å². The number of rotatable bonds is 7. The van der Waals surface area contributed by atoms with E-state index in [9.17, 15) is 0 Å². The normalized spacial score (nSPS) is 12.7. The molecule has 0 bridgehead atoms. The Kier molecular flexibility index (Phi) is 8.60. The van der Waals surface area contributed by atoms with Gasteiger partial charge in [0.2, 0.25) is 0 Å². The van der Waals surface area contributed by atoms with Crippen molar-refractivity contribution in [2.24, 2.45) is 0 Å². The van der Waals surface area contributed by atoms with Gasteiger partial charge in [0.15, 0.2) is 0 Å². The Bertz CT molecular complexity index is 2150. The summed E-state index contributed by atoms with van der Waals surface area (Å²) in [6.45, 7) is 0. The first kappa shape index (κ1) is 30.0. The predicted octanol–water partition coefficient (Wildman–Crippen LogP) is 13.0. The molecule has 0 aliphatic carbocycles. The van der Waals surface area contributed by atoms with Crippen molar-refractivity contribution in [3.63, 3.8) is 0 Å². The quantitative estimate of drug-likeness (QED) is 0.144. The maximum absolute atomic E-state index is 2.43. The van der Waals surface area contributed by atoms with Crippen LogP contribution in [0, 0.1) is 0 Å². The van der Waals surface area contributed by atoms with Gasteiger partial charge in [-0.1, -0.05) is 197 Å². The average molecular weight is 725 g/mol. The minimum absolute atomic E-state index is 0.430. The van der Waals surface area contributed by atoms with Gasteiger partial charge in [-0.25, -0.2) is 0 Å². The molecule has 0 N–H and O–H groups in total. The maximum Gasteiger partial charge on any atom is 0.0161 e. The molecule has 0 unspecified atom stereocenters. The van der Waals surface area contributed by atoms with E-state index in [0.29, 0.717) is 0 Å². The zero-order valence-corrected chi connectivity index (χ0v) is 28.6. The fourth-order valence-electron chi connectivity index (χ4n) is 6.22. The van der Waals surface area contributed by atoms with Gasteiger partial charge in [-0.05, 0) is 91.1 Å². The van der Waals surface area contributed by atoms with Gasteiger partial charge in [-0.15, -0.1) is 0 Å². The van der Waals surface area contributed by atoms with Gasteiger partial charge in [0.25, 0.3) is 0 Å². The van der Waals surface area contributed by atoms with Gasteiger partial charge < -0.3 is 0 Å². The highest BCUT2D eigenvalue weighted by atomic mass is 127. The summed E-state index contributed by atoms with van der Waals surface area (Å²) in [5.41, 5.74) is 15.0. The smallest absolute Gasteiger partial charge is 0.0161 e. The van der Waals surface area contributed by atoms with Crippen LogP contribution in [0.15, 0.2) is 200 Å². The Morgan fingerprint density at radius 2 is 0.604 bits per heavy atom. The maximum atomic E-state index is 2.43. The van der Waals surface area contributed by atoms with Crippen molar-refractivity contribution >= 4 is 33.4 Å². The third-order valence-corrected chi connectivity index (χ3v) is 11.8. The van der Waals surface area contributed by atoms with E-state index in [1.165, 1.54) is 73.9 Å². The highest BCUT2D eigenvalue weighted by Gasteiger charge is 2.14. The molecule has 0 saturated heterocycles. The first-order chi connectivity index (χ1) is 23.8. The van der Waals surface area contributed by atoms with Crippen molar-refractivity contribution in [2.45, 2.75) is 0 Å². The summed E-state index contributed by atoms with van der Waals surface area (Å²) in [6.07, 6.45) is 4.85. The molecule has 8 rings (SSSR count). The van der Waals surface area contributed by atoms with Crippen molar-refractivity contribution < 1.29 is 0 Å². The van der Waals surface area contributed by atoms with Crippen molar-refractivity contribution in [3.05, 3.63) is 217 Å². The molecule has 48 heavy (non-hydrogen) atoms. The van der Waals surface area contributed by atoms with Gasteiger partial charge in [-0.2, -0.15) is 0 Å². The first-order valence-electron chi connectivity index (χ1n) is 16.3. The summed E-state index contributed by atoms with van der Waals surface area (Å²) in [5.74, 6) is 0. The van der Waals surface area contributed by atoms with Crippen LogP contribution in [0.2, 0.25) is 0 Å². The third-order valence-electron chi connectivity index (χ3n) is 8.80. The topological polar surface area (TPSA) is 0 Å². The van der Waals surface area contributed by atoms with Crippen LogP contribution in [0.1, 0.15) is 16.7 Å². The van der Waals surface area contributed by atoms with Crippen molar-refractivity contribution in [1.82, 2.24) is 0 Å². The zero-order chi connectivity index (χ0) is 32.1. The van der Waals surface area contributed by atoms with Crippen LogP contribution in [0.5, 0.6) is 0 Å². The van der Waals surface area contributed by atoms with E-state index < -0.39 is 20.7 Å². The van der Waals surface area contributed by atoms with Crippen LogP contribution in [0.4, 0.5) is 0 Å². The van der Waals surface area contributed by atoms with E-state index >= 15 is 0 Å². The highest BCUT2D eigenvalue weighted by Crippen LogP contribution is 2.40. The van der Waals surface area contributed by atoms with Gasteiger partial charge in [0, 0.05) is 7.09 Å². The lowest BCUT2D eigenvalue weighted by Gasteiger charge is -2.16. The molecule has 228 valence electrons. The SMILES string of the molecule is C1=C(c2ccccc2)C=C(c2cccc(-c3ccc(-c4ccccc4)cc3)c2)I=C1c1cccc(-c2ccc(-c3ccccc3)cc2)c1. The first-order valence-corrected chi connectivity index (χ1v) is 18.5. The van der Waals surface area contributed by atoms with Gasteiger partial charge >= 0.3 is 0 Å². The van der Waals surface area contributed by atoms with Crippen LogP contribution >= 0.6 is 20.7 Å². The highest BCUT2D eigenvalue weighted by molar-refractivity contribution is 14.2. The Hall–Kier alpha value is -5.38. The van der Waals surface area contributed by atoms with Crippen LogP contribution in [-0.2, 0) is 0 Å². The van der Waals surface area contributed by atoms with Gasteiger partial charge in [0.05, 0.1) is 0 Å². The Labute approximate surface area is 293 Å². The minimum atomic E-state index is -0.430. The number of benzene rings is 7. The largest absolute Gasteiger partial charge is 0.0762 e. The number of halogens is 1. The lowest BCUT2D eigenvalue weighted by Crippen LogP contribution is -2.00. The Balaban J connectivity index is 1.14. The van der Waals surface area contributed by atoms with E-state index in [1.54, 1.807) is 0 Å². The Morgan fingerprint density at radius 1 is 0.250 bits per heavy atom. The summed E-state index contributed by atoms with van der Waals surface area (Å²) in [4.78, 5) is 0. The minimum Gasteiger partial charge on any atom is -0.0762 e. The lowest BCUT2D eigenvalue weighted by molar-refractivity contribution is 1.57. The fourth-order valence-corrected chi connectivity index (χ4v) is 9.12. The molecule has 1 aliphatic heterocycles. The molecule has 0 fully saturated rings. The van der Waals surface area contributed by atoms with Crippen LogP contribution in [0.3, 0.4) is 0 Å². The number of hydrogen-bond acceptors (Lipinski definition) is 0. The van der Waals surface area contributed by atoms with E-state index in [0.717, 1.165) is 0 Å². The molecular formula is C47H33I. The zero-order valence-electron chi connectivity index (χ0n) is 26.4. The molecule has 1 heterocycles. The van der Waals surface area contributed by atoms with Gasteiger partial charge in [-0.3, -0.25) is 0 Å². The molecule has 0 amide bonds. The lowest BCUT2D eigenvalue weighted by atomic mass is 9.97. The van der Waals surface area contributed by atoms with E-state index in [4.69, 9.17) is 0 Å². The summed E-state index contributed by atoms with van der Waals surface area (Å²) in [5, 5.41) is 0. The molecule has 0 atom stereocenters. The van der Waals surface area contributed by atoms with Crippen molar-refractivity contribution in [1.29, 1.82) is 0 Å². The van der Waals surface area contributed by atoms with Crippen LogP contribution in [0.25, 0.3) is 53.7 Å². The summed E-state index contributed by atoms with van der Waals surface area (Å²) in [7, 11) is 0. The van der Waals surface area contributed by atoms with E-state index in [1.807, 2.05) is 0 Å². The Morgan fingerprint density at radius 3 is 1.10 bits per heavy atom. The molecule has 0 saturated carbocycles. The average Bonchev–Trinajstić information content (AvgIpc) is 3.19. The van der Waals surface area contributed by atoms with Crippen molar-refractivity contribution in [3.8, 4) is 44.5 Å². The van der Waals surface area contributed by atoms with Crippen LogP contribution < -0.4 is 0 Å². The molecule has 0 nitrogen and oxygen atoms in total. The second kappa shape index (κ2) is 13.8. The molecule has 1 aliphatic rings. The number of allylic oxidation sites excluding steroid dienone is 3. The monoisotopic (exact) mass is 724 g/mol. The van der Waals surface area contributed by atoms with E-state index in [2.05, 4.69) is 200 Å². The summed E-state index contributed by atoms with van der Waals surface area (Å²) < 4.78 is 2.87. The van der Waals surface area contributed by atoms with Gasteiger partial charge in [0.1, 0.15) is 0 Å². The standard InChI is InChI=1S/C47H33I/c1-4-12-34(13-5-1)37-22-26-39(27-23-37)41-18-10-20-43(30-41)46-32-45(36-16-8-3-9-17-36)33-47(48-46)44-21-11-19-42(31-44)40-28-24-38(25-29-40)35-14-6-2-7-15-35/h1-33H. The second-order valence-electron chi connectivity index (χ2n) is 11.9. The summed E-state index contributed by atoms with van der Waals surface area (Å²) in [6, 6.07) is 68.1.